The smallest absolute Gasteiger partial charge is 0.220 e. The Bertz CT molecular complexity index is 588. The SMILES string of the molecule is Cc1cccc(-c2cnc(C3CNC(=O)C3)[nH]2)c1. The van der Waals surface area contributed by atoms with Crippen LogP contribution in [0.15, 0.2) is 30.5 Å². The fraction of sp³-hybridized carbons (Fsp3) is 0.286. The van der Waals surface area contributed by atoms with E-state index in [0.29, 0.717) is 13.0 Å². The minimum absolute atomic E-state index is 0.105. The summed E-state index contributed by atoms with van der Waals surface area (Å²) in [7, 11) is 0. The summed E-state index contributed by atoms with van der Waals surface area (Å²) in [6, 6.07) is 8.28. The van der Waals surface area contributed by atoms with Gasteiger partial charge in [0.05, 0.1) is 11.9 Å². The molecule has 2 aromatic rings. The van der Waals surface area contributed by atoms with E-state index in [4.69, 9.17) is 0 Å². The second kappa shape index (κ2) is 4.29. The molecular formula is C14H15N3O. The van der Waals surface area contributed by atoms with Crippen LogP contribution in [0.2, 0.25) is 0 Å². The Morgan fingerprint density at radius 1 is 1.39 bits per heavy atom. The van der Waals surface area contributed by atoms with E-state index in [2.05, 4.69) is 40.4 Å². The molecule has 1 fully saturated rings. The molecule has 1 aliphatic rings. The first-order valence-electron chi connectivity index (χ1n) is 6.11. The van der Waals surface area contributed by atoms with E-state index in [1.54, 1.807) is 0 Å². The lowest BCUT2D eigenvalue weighted by molar-refractivity contribution is -0.119. The number of nitrogens with zero attached hydrogens (tertiary/aromatic N) is 1. The Morgan fingerprint density at radius 3 is 3.00 bits per heavy atom. The molecule has 0 spiro atoms. The highest BCUT2D eigenvalue weighted by molar-refractivity contribution is 5.79. The highest BCUT2D eigenvalue weighted by atomic mass is 16.1. The number of nitrogens with one attached hydrogen (secondary N) is 2. The van der Waals surface area contributed by atoms with Gasteiger partial charge in [0.1, 0.15) is 5.82 Å². The third-order valence-electron chi connectivity index (χ3n) is 3.29. The molecule has 0 radical (unpaired) electrons. The summed E-state index contributed by atoms with van der Waals surface area (Å²) in [5.74, 6) is 1.18. The maximum Gasteiger partial charge on any atom is 0.220 e. The number of hydrogen-bond acceptors (Lipinski definition) is 2. The molecule has 2 heterocycles. The molecule has 4 heteroatoms. The number of aryl methyl sites for hydroxylation is 1. The van der Waals surface area contributed by atoms with Crippen molar-refractivity contribution in [2.45, 2.75) is 19.3 Å². The molecule has 0 aliphatic carbocycles. The van der Waals surface area contributed by atoms with Crippen molar-refractivity contribution in [3.63, 3.8) is 0 Å². The number of imidazole rings is 1. The van der Waals surface area contributed by atoms with Crippen molar-refractivity contribution < 1.29 is 4.79 Å². The number of aromatic nitrogens is 2. The Balaban J connectivity index is 1.87. The number of rotatable bonds is 2. The Morgan fingerprint density at radius 2 is 2.28 bits per heavy atom. The van der Waals surface area contributed by atoms with Gasteiger partial charge in [0.15, 0.2) is 0 Å². The lowest BCUT2D eigenvalue weighted by Gasteiger charge is -2.02. The minimum atomic E-state index is 0.105. The highest BCUT2D eigenvalue weighted by Crippen LogP contribution is 2.24. The number of carbonyl (C=O) groups is 1. The zero-order chi connectivity index (χ0) is 12.5. The summed E-state index contributed by atoms with van der Waals surface area (Å²) in [6.45, 7) is 2.75. The molecule has 0 saturated carbocycles. The monoisotopic (exact) mass is 241 g/mol. The van der Waals surface area contributed by atoms with Gasteiger partial charge in [-0.15, -0.1) is 0 Å². The number of benzene rings is 1. The highest BCUT2D eigenvalue weighted by Gasteiger charge is 2.25. The molecule has 1 atom stereocenters. The first-order valence-corrected chi connectivity index (χ1v) is 6.11. The van der Waals surface area contributed by atoms with Crippen LogP contribution in [0.25, 0.3) is 11.3 Å². The lowest BCUT2D eigenvalue weighted by Crippen LogP contribution is -2.13. The summed E-state index contributed by atoms with van der Waals surface area (Å²) in [4.78, 5) is 18.9. The van der Waals surface area contributed by atoms with Crippen molar-refractivity contribution in [3.8, 4) is 11.3 Å². The molecule has 1 aromatic carbocycles. The number of carbonyl (C=O) groups excluding carboxylic acids is 1. The standard InChI is InChI=1S/C14H15N3O/c1-9-3-2-4-10(5-9)12-8-16-14(17-12)11-6-13(18)15-7-11/h2-5,8,11H,6-7H2,1H3,(H,15,18)(H,16,17). The van der Waals surface area contributed by atoms with E-state index in [1.807, 2.05) is 12.3 Å². The molecule has 0 bridgehead atoms. The summed E-state index contributed by atoms with van der Waals surface area (Å²) in [5.41, 5.74) is 3.36. The van der Waals surface area contributed by atoms with Crippen molar-refractivity contribution in [1.82, 2.24) is 15.3 Å². The normalized spacial score (nSPS) is 18.9. The molecule has 1 aliphatic heterocycles. The van der Waals surface area contributed by atoms with Crippen LogP contribution in [-0.4, -0.2) is 22.4 Å². The van der Waals surface area contributed by atoms with Crippen LogP contribution in [0, 0.1) is 6.92 Å². The fourth-order valence-corrected chi connectivity index (χ4v) is 2.30. The predicted molar refractivity (Wildman–Crippen MR) is 69.1 cm³/mol. The maximum absolute atomic E-state index is 11.2. The molecular weight excluding hydrogens is 226 g/mol. The van der Waals surface area contributed by atoms with Crippen LogP contribution in [-0.2, 0) is 4.79 Å². The lowest BCUT2D eigenvalue weighted by atomic mass is 10.1. The van der Waals surface area contributed by atoms with Gasteiger partial charge >= 0.3 is 0 Å². The first kappa shape index (κ1) is 11.0. The van der Waals surface area contributed by atoms with Crippen molar-refractivity contribution in [1.29, 1.82) is 0 Å². The van der Waals surface area contributed by atoms with Gasteiger partial charge in [0.25, 0.3) is 0 Å². The molecule has 3 rings (SSSR count). The third-order valence-corrected chi connectivity index (χ3v) is 3.29. The van der Waals surface area contributed by atoms with Crippen LogP contribution < -0.4 is 5.32 Å². The van der Waals surface area contributed by atoms with E-state index in [-0.39, 0.29) is 11.8 Å². The number of aromatic amines is 1. The average Bonchev–Trinajstić information content (AvgIpc) is 2.97. The number of H-pyrrole nitrogens is 1. The van der Waals surface area contributed by atoms with Gasteiger partial charge in [0, 0.05) is 18.9 Å². The van der Waals surface area contributed by atoms with Crippen LogP contribution in [0.1, 0.15) is 23.7 Å². The van der Waals surface area contributed by atoms with Gasteiger partial charge in [-0.2, -0.15) is 0 Å². The van der Waals surface area contributed by atoms with Crippen molar-refractivity contribution in [2.75, 3.05) is 6.54 Å². The van der Waals surface area contributed by atoms with Crippen LogP contribution >= 0.6 is 0 Å². The van der Waals surface area contributed by atoms with E-state index in [1.165, 1.54) is 5.56 Å². The molecule has 4 nitrogen and oxygen atoms in total. The molecule has 18 heavy (non-hydrogen) atoms. The van der Waals surface area contributed by atoms with Crippen LogP contribution in [0.5, 0.6) is 0 Å². The van der Waals surface area contributed by atoms with Crippen molar-refractivity contribution in [2.24, 2.45) is 0 Å². The van der Waals surface area contributed by atoms with Gasteiger partial charge < -0.3 is 10.3 Å². The molecule has 1 unspecified atom stereocenters. The Hall–Kier alpha value is -2.10. The molecule has 1 aromatic heterocycles. The maximum atomic E-state index is 11.2. The van der Waals surface area contributed by atoms with Gasteiger partial charge in [-0.1, -0.05) is 23.8 Å². The second-order valence-electron chi connectivity index (χ2n) is 4.76. The summed E-state index contributed by atoms with van der Waals surface area (Å²) >= 11 is 0. The molecule has 92 valence electrons. The van der Waals surface area contributed by atoms with Gasteiger partial charge in [-0.25, -0.2) is 4.98 Å². The zero-order valence-corrected chi connectivity index (χ0v) is 10.2. The number of hydrogen-bond donors (Lipinski definition) is 2. The summed E-state index contributed by atoms with van der Waals surface area (Å²) < 4.78 is 0. The van der Waals surface area contributed by atoms with E-state index in [0.717, 1.165) is 17.1 Å². The fourth-order valence-electron chi connectivity index (χ4n) is 2.30. The Labute approximate surface area is 105 Å². The average molecular weight is 241 g/mol. The minimum Gasteiger partial charge on any atom is -0.355 e. The van der Waals surface area contributed by atoms with Crippen molar-refractivity contribution >= 4 is 5.91 Å². The Kier molecular flexibility index (Phi) is 2.63. The summed E-state index contributed by atoms with van der Waals surface area (Å²) in [6.07, 6.45) is 2.37. The van der Waals surface area contributed by atoms with Gasteiger partial charge in [-0.3, -0.25) is 4.79 Å². The summed E-state index contributed by atoms with van der Waals surface area (Å²) in [5, 5.41) is 2.83. The van der Waals surface area contributed by atoms with E-state index in [9.17, 15) is 4.79 Å². The third kappa shape index (κ3) is 2.01. The largest absolute Gasteiger partial charge is 0.355 e. The first-order chi connectivity index (χ1) is 8.72. The zero-order valence-electron chi connectivity index (χ0n) is 10.2. The molecule has 2 N–H and O–H groups in total. The quantitative estimate of drug-likeness (QED) is 0.844. The topological polar surface area (TPSA) is 57.8 Å². The van der Waals surface area contributed by atoms with Gasteiger partial charge in [0.2, 0.25) is 5.91 Å². The van der Waals surface area contributed by atoms with Crippen LogP contribution in [0.3, 0.4) is 0 Å². The number of amides is 1. The van der Waals surface area contributed by atoms with E-state index >= 15 is 0 Å². The van der Waals surface area contributed by atoms with Gasteiger partial charge in [-0.05, 0) is 18.6 Å². The second-order valence-corrected chi connectivity index (χ2v) is 4.76. The van der Waals surface area contributed by atoms with E-state index < -0.39 is 0 Å². The predicted octanol–water partition coefficient (Wildman–Crippen LogP) is 1.99. The molecule has 1 saturated heterocycles. The van der Waals surface area contributed by atoms with Crippen LogP contribution in [0.4, 0.5) is 0 Å². The van der Waals surface area contributed by atoms with Crippen molar-refractivity contribution in [3.05, 3.63) is 41.9 Å². The molecule has 1 amide bonds.